The Hall–Kier alpha value is -3.44. The predicted octanol–water partition coefficient (Wildman–Crippen LogP) is 0.104. The normalized spacial score (nSPS) is 14.1. The van der Waals surface area contributed by atoms with Crippen molar-refractivity contribution in [3.8, 4) is 0 Å². The topological polar surface area (TPSA) is 156 Å². The van der Waals surface area contributed by atoms with Crippen LogP contribution in [0.5, 0.6) is 0 Å². The molecule has 0 spiro atoms. The van der Waals surface area contributed by atoms with Crippen LogP contribution < -0.4 is 11.5 Å². The van der Waals surface area contributed by atoms with Gasteiger partial charge in [-0.25, -0.2) is 4.79 Å². The van der Waals surface area contributed by atoms with Gasteiger partial charge in [0.05, 0.1) is 11.1 Å². The number of hydrogen-bond donors (Lipinski definition) is 3. The van der Waals surface area contributed by atoms with E-state index < -0.39 is 41.9 Å². The number of alkyl halides is 3. The van der Waals surface area contributed by atoms with E-state index >= 15 is 0 Å². The molecule has 0 saturated carbocycles. The van der Waals surface area contributed by atoms with Gasteiger partial charge in [0.15, 0.2) is 5.96 Å². The molecule has 1 heterocycles. The minimum atomic E-state index is -5.08. The number of halogens is 3. The van der Waals surface area contributed by atoms with E-state index in [1.807, 2.05) is 0 Å². The lowest BCUT2D eigenvalue weighted by Gasteiger charge is -2.19. The highest BCUT2D eigenvalue weighted by Gasteiger charge is 2.40. The van der Waals surface area contributed by atoms with Crippen LogP contribution in [0.2, 0.25) is 0 Å². The van der Waals surface area contributed by atoms with Crippen molar-refractivity contribution in [1.82, 2.24) is 4.90 Å². The smallest absolute Gasteiger partial charge is 0.475 e. The van der Waals surface area contributed by atoms with Crippen molar-refractivity contribution in [2.45, 2.75) is 19.1 Å². The number of amides is 3. The Bertz CT molecular complexity index is 752. The molecule has 1 atom stereocenters. The van der Waals surface area contributed by atoms with Crippen LogP contribution in [0.4, 0.5) is 13.2 Å². The summed E-state index contributed by atoms with van der Waals surface area (Å²) < 4.78 is 31.7. The number of aliphatic imine (C=N–C) groups is 1. The highest BCUT2D eigenvalue weighted by Crippen LogP contribution is 2.24. The Kier molecular flexibility index (Phi) is 6.05. The molecule has 0 bridgehead atoms. The van der Waals surface area contributed by atoms with E-state index in [9.17, 15) is 27.6 Å². The van der Waals surface area contributed by atoms with Crippen LogP contribution in [0, 0.1) is 0 Å². The molecule has 26 heavy (non-hydrogen) atoms. The summed E-state index contributed by atoms with van der Waals surface area (Å²) >= 11 is 0. The molecule has 1 aromatic carbocycles. The number of rotatable bonds is 2. The number of nitrogens with two attached hydrogens (primary N) is 2. The maximum atomic E-state index is 12.1. The van der Waals surface area contributed by atoms with Crippen molar-refractivity contribution < 1.29 is 37.5 Å². The van der Waals surface area contributed by atoms with Gasteiger partial charge < -0.3 is 16.6 Å². The summed E-state index contributed by atoms with van der Waals surface area (Å²) in [7, 11) is 0. The second-order valence-corrected chi connectivity index (χ2v) is 4.88. The van der Waals surface area contributed by atoms with Gasteiger partial charge in [-0.3, -0.25) is 19.3 Å². The van der Waals surface area contributed by atoms with Crippen molar-refractivity contribution in [3.05, 3.63) is 35.4 Å². The van der Waals surface area contributed by atoms with Gasteiger partial charge in [0, 0.05) is 0 Å². The van der Waals surface area contributed by atoms with Crippen LogP contribution in [-0.2, 0) is 9.59 Å². The highest BCUT2D eigenvalue weighted by atomic mass is 19.4. The maximum absolute atomic E-state index is 12.1. The molecule has 3 amide bonds. The molecular formula is C14H13F3N4O5. The van der Waals surface area contributed by atoms with Gasteiger partial charge in [-0.1, -0.05) is 12.1 Å². The number of nitrogens with zero attached hydrogens (tertiary/aromatic N) is 2. The van der Waals surface area contributed by atoms with E-state index in [-0.39, 0.29) is 11.1 Å². The molecule has 1 aliphatic rings. The molecule has 0 aromatic heterocycles. The second-order valence-electron chi connectivity index (χ2n) is 4.88. The van der Waals surface area contributed by atoms with Crippen molar-refractivity contribution >= 4 is 29.7 Å². The molecule has 1 unspecified atom stereocenters. The lowest BCUT2D eigenvalue weighted by Crippen LogP contribution is -2.43. The standard InChI is InChI=1S/C12H12N4O3.C2HF3O2/c1-6(9(17)15-12(13)14)16-10(18)7-4-2-3-5-8(7)11(16)19;3-2(4,5)1(6)7/h2-6H,1H3,(H4,13,14,15,17);(H,6,7). The van der Waals surface area contributed by atoms with E-state index in [0.717, 1.165) is 4.90 Å². The van der Waals surface area contributed by atoms with Crippen LogP contribution in [0.25, 0.3) is 0 Å². The van der Waals surface area contributed by atoms with Gasteiger partial charge >= 0.3 is 12.1 Å². The minimum Gasteiger partial charge on any atom is -0.475 e. The molecule has 1 aromatic rings. The molecule has 5 N–H and O–H groups in total. The van der Waals surface area contributed by atoms with Crippen molar-refractivity contribution in [1.29, 1.82) is 0 Å². The number of fused-ring (bicyclic) bond motifs is 1. The third-order valence-electron chi connectivity index (χ3n) is 3.05. The first-order valence-corrected chi connectivity index (χ1v) is 6.78. The van der Waals surface area contributed by atoms with Crippen LogP contribution >= 0.6 is 0 Å². The van der Waals surface area contributed by atoms with E-state index in [4.69, 9.17) is 21.4 Å². The second kappa shape index (κ2) is 7.63. The first kappa shape index (κ1) is 20.6. The third kappa shape index (κ3) is 4.55. The quantitative estimate of drug-likeness (QED) is 0.376. The largest absolute Gasteiger partial charge is 0.490 e. The number of carbonyl (C=O) groups excluding carboxylic acids is 3. The Labute approximate surface area is 144 Å². The summed E-state index contributed by atoms with van der Waals surface area (Å²) in [6.45, 7) is 1.40. The monoisotopic (exact) mass is 374 g/mol. The molecule has 0 saturated heterocycles. The van der Waals surface area contributed by atoms with Gasteiger partial charge in [0.2, 0.25) is 0 Å². The molecule has 0 radical (unpaired) electrons. The zero-order valence-corrected chi connectivity index (χ0v) is 13.1. The average molecular weight is 374 g/mol. The van der Waals surface area contributed by atoms with Crippen molar-refractivity contribution in [2.75, 3.05) is 0 Å². The zero-order chi connectivity index (χ0) is 20.2. The van der Waals surface area contributed by atoms with Crippen molar-refractivity contribution in [2.24, 2.45) is 16.5 Å². The number of imide groups is 1. The number of carboxylic acids is 1. The molecule has 9 nitrogen and oxygen atoms in total. The fourth-order valence-corrected chi connectivity index (χ4v) is 1.89. The predicted molar refractivity (Wildman–Crippen MR) is 80.9 cm³/mol. The third-order valence-corrected chi connectivity index (χ3v) is 3.05. The molecule has 2 rings (SSSR count). The van der Waals surface area contributed by atoms with Gasteiger partial charge in [0.25, 0.3) is 17.7 Å². The first-order valence-electron chi connectivity index (χ1n) is 6.78. The maximum Gasteiger partial charge on any atom is 0.490 e. The Morgan fingerprint density at radius 3 is 1.81 bits per heavy atom. The average Bonchev–Trinajstić information content (AvgIpc) is 2.77. The molecular weight excluding hydrogens is 361 g/mol. The molecule has 0 fully saturated rings. The number of hydrogen-bond acceptors (Lipinski definition) is 4. The molecule has 140 valence electrons. The Balaban J connectivity index is 0.000000412. The summed E-state index contributed by atoms with van der Waals surface area (Å²) in [5.41, 5.74) is 10.8. The number of carboxylic acid groups (broad SMARTS) is 1. The van der Waals surface area contributed by atoms with Crippen LogP contribution in [0.3, 0.4) is 0 Å². The lowest BCUT2D eigenvalue weighted by molar-refractivity contribution is -0.192. The fraction of sp³-hybridized carbons (Fsp3) is 0.214. The summed E-state index contributed by atoms with van der Waals surface area (Å²) in [5.74, 6) is -4.95. The van der Waals surface area contributed by atoms with Gasteiger partial charge in [-0.05, 0) is 19.1 Å². The number of benzene rings is 1. The summed E-state index contributed by atoms with van der Waals surface area (Å²) in [6.07, 6.45) is -5.08. The first-order chi connectivity index (χ1) is 11.9. The summed E-state index contributed by atoms with van der Waals surface area (Å²) in [4.78, 5) is 48.9. The van der Waals surface area contributed by atoms with Crippen LogP contribution in [0.1, 0.15) is 27.6 Å². The Morgan fingerprint density at radius 2 is 1.50 bits per heavy atom. The number of guanidine groups is 1. The van der Waals surface area contributed by atoms with Crippen LogP contribution in [-0.4, -0.2) is 51.9 Å². The summed E-state index contributed by atoms with van der Waals surface area (Å²) in [6, 6.07) is 5.32. The molecule has 0 aliphatic carbocycles. The highest BCUT2D eigenvalue weighted by molar-refractivity contribution is 6.23. The fourth-order valence-electron chi connectivity index (χ4n) is 1.89. The SMILES string of the molecule is CC(C(=O)N=C(N)N)N1C(=O)c2ccccc2C1=O.O=C(O)C(F)(F)F. The van der Waals surface area contributed by atoms with E-state index in [2.05, 4.69) is 4.99 Å². The molecule has 12 heteroatoms. The zero-order valence-electron chi connectivity index (χ0n) is 13.1. The van der Waals surface area contributed by atoms with E-state index in [0.29, 0.717) is 0 Å². The molecule has 1 aliphatic heterocycles. The number of carbonyl (C=O) groups is 4. The van der Waals surface area contributed by atoms with Gasteiger partial charge in [-0.15, -0.1) is 0 Å². The van der Waals surface area contributed by atoms with E-state index in [1.54, 1.807) is 12.1 Å². The number of aliphatic carboxylic acids is 1. The summed E-state index contributed by atoms with van der Waals surface area (Å²) in [5, 5.41) is 7.12. The van der Waals surface area contributed by atoms with E-state index in [1.165, 1.54) is 19.1 Å². The van der Waals surface area contributed by atoms with Gasteiger partial charge in [-0.2, -0.15) is 18.2 Å². The lowest BCUT2D eigenvalue weighted by atomic mass is 10.1. The van der Waals surface area contributed by atoms with Gasteiger partial charge in [0.1, 0.15) is 6.04 Å². The Morgan fingerprint density at radius 1 is 1.12 bits per heavy atom. The van der Waals surface area contributed by atoms with Crippen LogP contribution in [0.15, 0.2) is 29.3 Å². The van der Waals surface area contributed by atoms with Crippen molar-refractivity contribution in [3.63, 3.8) is 0 Å². The minimum absolute atomic E-state index is 0.275.